The Morgan fingerprint density at radius 2 is 2.44 bits per heavy atom. The van der Waals surface area contributed by atoms with Gasteiger partial charge in [-0.25, -0.2) is 0 Å². The number of fused-ring (bicyclic) bond motifs is 1. The zero-order valence-corrected chi connectivity index (χ0v) is 10.5. The lowest BCUT2D eigenvalue weighted by atomic mass is 9.77. The molecule has 5 nitrogen and oxygen atoms in total. The van der Waals surface area contributed by atoms with Crippen molar-refractivity contribution in [2.24, 2.45) is 11.8 Å². The summed E-state index contributed by atoms with van der Waals surface area (Å²) < 4.78 is 5.80. The SMILES string of the molecule is CC[C@H](C)N1C[C@@]23C=C[C@H](O2)[C@@H](C(=O)O)[C@@H]3C1=O. The molecule has 0 unspecified atom stereocenters. The maximum absolute atomic E-state index is 12.4. The summed E-state index contributed by atoms with van der Waals surface area (Å²) in [5, 5.41) is 9.29. The lowest BCUT2D eigenvalue weighted by Gasteiger charge is -2.26. The van der Waals surface area contributed by atoms with Gasteiger partial charge in [0, 0.05) is 6.04 Å². The van der Waals surface area contributed by atoms with Crippen LogP contribution in [0.5, 0.6) is 0 Å². The Labute approximate surface area is 105 Å². The minimum atomic E-state index is -0.935. The molecular weight excluding hydrogens is 234 g/mol. The topological polar surface area (TPSA) is 66.8 Å². The van der Waals surface area contributed by atoms with Gasteiger partial charge in [-0.3, -0.25) is 9.59 Å². The molecule has 98 valence electrons. The van der Waals surface area contributed by atoms with E-state index in [-0.39, 0.29) is 11.9 Å². The summed E-state index contributed by atoms with van der Waals surface area (Å²) in [5.74, 6) is -2.27. The highest BCUT2D eigenvalue weighted by Gasteiger charge is 2.67. The van der Waals surface area contributed by atoms with E-state index in [1.165, 1.54) is 0 Å². The highest BCUT2D eigenvalue weighted by molar-refractivity contribution is 5.90. The normalized spacial score (nSPS) is 42.4. The quantitative estimate of drug-likeness (QED) is 0.748. The lowest BCUT2D eigenvalue weighted by Crippen LogP contribution is -2.40. The van der Waals surface area contributed by atoms with E-state index in [2.05, 4.69) is 0 Å². The van der Waals surface area contributed by atoms with Gasteiger partial charge in [-0.2, -0.15) is 0 Å². The van der Waals surface area contributed by atoms with E-state index < -0.39 is 29.5 Å². The Morgan fingerprint density at radius 1 is 1.72 bits per heavy atom. The van der Waals surface area contributed by atoms with Gasteiger partial charge in [0.1, 0.15) is 11.5 Å². The van der Waals surface area contributed by atoms with Crippen molar-refractivity contribution >= 4 is 11.9 Å². The molecule has 18 heavy (non-hydrogen) atoms. The van der Waals surface area contributed by atoms with Crippen LogP contribution < -0.4 is 0 Å². The molecule has 3 aliphatic heterocycles. The Balaban J connectivity index is 1.97. The number of likely N-dealkylation sites (tertiary alicyclic amines) is 1. The van der Waals surface area contributed by atoms with Crippen molar-refractivity contribution in [3.05, 3.63) is 12.2 Å². The van der Waals surface area contributed by atoms with Crippen molar-refractivity contribution in [2.75, 3.05) is 6.54 Å². The second-order valence-corrected chi connectivity index (χ2v) is 5.46. The number of hydrogen-bond donors (Lipinski definition) is 1. The third-order valence-electron chi connectivity index (χ3n) is 4.54. The molecule has 1 N–H and O–H groups in total. The van der Waals surface area contributed by atoms with Gasteiger partial charge in [0.2, 0.25) is 5.91 Å². The number of ether oxygens (including phenoxy) is 1. The molecule has 0 aliphatic carbocycles. The standard InChI is InChI=1S/C13H17NO4/c1-3-7(2)14-6-13-5-4-8(18-13)9(12(16)17)10(13)11(14)15/h4-5,7-10H,3,6H2,1-2H3,(H,16,17)/t7-,8-,9+,10+,13+/m0/s1. The third-order valence-corrected chi connectivity index (χ3v) is 4.54. The fourth-order valence-corrected chi connectivity index (χ4v) is 3.40. The van der Waals surface area contributed by atoms with E-state index in [0.29, 0.717) is 6.54 Å². The summed E-state index contributed by atoms with van der Waals surface area (Å²) in [6.45, 7) is 4.50. The minimum absolute atomic E-state index is 0.0661. The van der Waals surface area contributed by atoms with Crippen LogP contribution in [0.3, 0.4) is 0 Å². The number of nitrogens with zero attached hydrogens (tertiary/aromatic N) is 1. The highest BCUT2D eigenvalue weighted by atomic mass is 16.5. The maximum atomic E-state index is 12.4. The molecule has 1 amide bonds. The van der Waals surface area contributed by atoms with Crippen LogP contribution >= 0.6 is 0 Å². The number of hydrogen-bond acceptors (Lipinski definition) is 3. The summed E-state index contributed by atoms with van der Waals surface area (Å²) in [6, 6.07) is 0.128. The lowest BCUT2D eigenvalue weighted by molar-refractivity contribution is -0.148. The van der Waals surface area contributed by atoms with Crippen LogP contribution in [-0.2, 0) is 14.3 Å². The molecule has 0 aromatic heterocycles. The van der Waals surface area contributed by atoms with Gasteiger partial charge >= 0.3 is 5.97 Å². The number of carboxylic acid groups (broad SMARTS) is 1. The molecule has 1 spiro atoms. The summed E-state index contributed by atoms with van der Waals surface area (Å²) >= 11 is 0. The van der Waals surface area contributed by atoms with E-state index in [1.807, 2.05) is 19.9 Å². The van der Waals surface area contributed by atoms with Crippen molar-refractivity contribution in [3.8, 4) is 0 Å². The second-order valence-electron chi connectivity index (χ2n) is 5.46. The van der Waals surface area contributed by atoms with Gasteiger partial charge in [0.15, 0.2) is 0 Å². The molecular formula is C13H17NO4. The van der Waals surface area contributed by atoms with E-state index in [4.69, 9.17) is 4.74 Å². The Hall–Kier alpha value is -1.36. The van der Waals surface area contributed by atoms with Crippen LogP contribution in [0.2, 0.25) is 0 Å². The van der Waals surface area contributed by atoms with Crippen LogP contribution in [0.25, 0.3) is 0 Å². The first-order valence-electron chi connectivity index (χ1n) is 6.40. The first-order chi connectivity index (χ1) is 8.50. The molecule has 5 heteroatoms. The van der Waals surface area contributed by atoms with Crippen LogP contribution in [0.15, 0.2) is 12.2 Å². The average Bonchev–Trinajstić information content (AvgIpc) is 2.96. The second kappa shape index (κ2) is 3.57. The van der Waals surface area contributed by atoms with Crippen LogP contribution in [0.1, 0.15) is 20.3 Å². The maximum Gasteiger partial charge on any atom is 0.310 e. The molecule has 0 saturated carbocycles. The third kappa shape index (κ3) is 1.25. The Morgan fingerprint density at radius 3 is 3.06 bits per heavy atom. The summed E-state index contributed by atoms with van der Waals surface area (Å²) in [4.78, 5) is 25.5. The number of carbonyl (C=O) groups excluding carboxylic acids is 1. The van der Waals surface area contributed by atoms with Crippen molar-refractivity contribution in [3.63, 3.8) is 0 Å². The number of carboxylic acids is 1. The predicted octanol–water partition coefficient (Wildman–Crippen LogP) is 0.651. The Bertz CT molecular complexity index is 446. The average molecular weight is 251 g/mol. The smallest absolute Gasteiger partial charge is 0.310 e. The highest BCUT2D eigenvalue weighted by Crippen LogP contribution is 2.52. The van der Waals surface area contributed by atoms with Gasteiger partial charge in [-0.05, 0) is 13.3 Å². The van der Waals surface area contributed by atoms with E-state index >= 15 is 0 Å². The molecule has 0 aromatic rings. The molecule has 3 rings (SSSR count). The molecule has 0 radical (unpaired) electrons. The largest absolute Gasteiger partial charge is 0.481 e. The van der Waals surface area contributed by atoms with Crippen LogP contribution in [0, 0.1) is 11.8 Å². The molecule has 3 heterocycles. The van der Waals surface area contributed by atoms with Crippen LogP contribution in [-0.4, -0.2) is 46.2 Å². The number of aliphatic carboxylic acids is 1. The summed E-state index contributed by atoms with van der Waals surface area (Å²) in [6.07, 6.45) is 4.11. The number of amides is 1. The van der Waals surface area contributed by atoms with Gasteiger partial charge in [0.25, 0.3) is 0 Å². The molecule has 2 bridgehead atoms. The molecule has 0 aromatic carbocycles. The zero-order chi connectivity index (χ0) is 13.1. The minimum Gasteiger partial charge on any atom is -0.481 e. The van der Waals surface area contributed by atoms with E-state index in [1.54, 1.807) is 11.0 Å². The molecule has 5 atom stereocenters. The Kier molecular flexibility index (Phi) is 2.32. The van der Waals surface area contributed by atoms with Gasteiger partial charge in [-0.15, -0.1) is 0 Å². The summed E-state index contributed by atoms with van der Waals surface area (Å²) in [5.41, 5.74) is -0.686. The van der Waals surface area contributed by atoms with E-state index in [9.17, 15) is 14.7 Å². The van der Waals surface area contributed by atoms with E-state index in [0.717, 1.165) is 6.42 Å². The van der Waals surface area contributed by atoms with Gasteiger partial charge in [0.05, 0.1) is 18.6 Å². The first-order valence-corrected chi connectivity index (χ1v) is 6.40. The van der Waals surface area contributed by atoms with Gasteiger partial charge in [-0.1, -0.05) is 19.1 Å². The van der Waals surface area contributed by atoms with Gasteiger partial charge < -0.3 is 14.7 Å². The molecule has 2 fully saturated rings. The van der Waals surface area contributed by atoms with Crippen molar-refractivity contribution < 1.29 is 19.4 Å². The van der Waals surface area contributed by atoms with Crippen molar-refractivity contribution in [2.45, 2.75) is 38.0 Å². The fraction of sp³-hybridized carbons (Fsp3) is 0.692. The van der Waals surface area contributed by atoms with Crippen molar-refractivity contribution in [1.29, 1.82) is 0 Å². The summed E-state index contributed by atoms with van der Waals surface area (Å²) in [7, 11) is 0. The zero-order valence-electron chi connectivity index (χ0n) is 10.5. The molecule has 3 aliphatic rings. The molecule has 2 saturated heterocycles. The van der Waals surface area contributed by atoms with Crippen LogP contribution in [0.4, 0.5) is 0 Å². The van der Waals surface area contributed by atoms with Crippen molar-refractivity contribution in [1.82, 2.24) is 4.90 Å². The predicted molar refractivity (Wildman–Crippen MR) is 62.8 cm³/mol. The fourth-order valence-electron chi connectivity index (χ4n) is 3.40. The number of rotatable bonds is 3. The number of carbonyl (C=O) groups is 2. The first kappa shape index (κ1) is 11.7. The monoisotopic (exact) mass is 251 g/mol.